The van der Waals surface area contributed by atoms with E-state index in [1.54, 1.807) is 0 Å². The number of hydrogen-bond donors (Lipinski definition) is 3. The Balaban J connectivity index is 2.61. The van der Waals surface area contributed by atoms with E-state index in [1.807, 2.05) is 19.9 Å². The normalized spacial score (nSPS) is 11.6. The molecule has 0 aliphatic heterocycles. The Morgan fingerprint density at radius 2 is 1.00 bits per heavy atom. The maximum absolute atomic E-state index is 4.61. The highest BCUT2D eigenvalue weighted by Gasteiger charge is 2.21. The first-order valence-electron chi connectivity index (χ1n) is 12.4. The van der Waals surface area contributed by atoms with Crippen molar-refractivity contribution in [1.82, 2.24) is 20.6 Å². The van der Waals surface area contributed by atoms with E-state index in [2.05, 4.69) is 74.4 Å². The van der Waals surface area contributed by atoms with Gasteiger partial charge in [0, 0.05) is 43.1 Å². The van der Waals surface area contributed by atoms with Crippen LogP contribution in [0.25, 0.3) is 0 Å². The Morgan fingerprint density at radius 1 is 0.625 bits per heavy atom. The Hall–Kier alpha value is -1.98. The second-order valence-corrected chi connectivity index (χ2v) is 9.33. The Kier molecular flexibility index (Phi) is 10.1. The molecule has 0 saturated carbocycles. The van der Waals surface area contributed by atoms with Crippen LogP contribution in [0.2, 0.25) is 0 Å². The first-order chi connectivity index (χ1) is 15.2. The number of nitrogens with one attached hydrogen (secondary N) is 3. The van der Waals surface area contributed by atoms with Crippen molar-refractivity contribution in [3.8, 4) is 0 Å². The molecule has 0 unspecified atom stereocenters. The van der Waals surface area contributed by atoms with Crippen LogP contribution in [0.5, 0.6) is 0 Å². The summed E-state index contributed by atoms with van der Waals surface area (Å²) in [5.74, 6) is 0.717. The molecule has 32 heavy (non-hydrogen) atoms. The lowest BCUT2D eigenvalue weighted by molar-refractivity contribution is 0.571. The molecule has 0 aliphatic carbocycles. The highest BCUT2D eigenvalue weighted by atomic mass is 15.1. The first kappa shape index (κ1) is 26.3. The van der Waals surface area contributed by atoms with Crippen LogP contribution in [0.4, 0.5) is 5.95 Å². The molecule has 0 atom stereocenters. The molecule has 5 nitrogen and oxygen atoms in total. The van der Waals surface area contributed by atoms with Gasteiger partial charge in [-0.2, -0.15) is 0 Å². The van der Waals surface area contributed by atoms with Gasteiger partial charge < -0.3 is 16.0 Å². The minimum Gasteiger partial charge on any atom is -0.350 e. The number of benzene rings is 1. The van der Waals surface area contributed by atoms with Crippen molar-refractivity contribution in [3.63, 3.8) is 0 Å². The SMILES string of the molecule is CCc1c(CNc2nc(C)cc(C)n2)c(CC)c(CNC(C)C)c(CC)c1CNC(C)C. The minimum absolute atomic E-state index is 0.456. The lowest BCUT2D eigenvalue weighted by Crippen LogP contribution is -2.28. The van der Waals surface area contributed by atoms with Crippen LogP contribution < -0.4 is 16.0 Å². The maximum Gasteiger partial charge on any atom is 0.223 e. The fourth-order valence-electron chi connectivity index (χ4n) is 4.60. The highest BCUT2D eigenvalue weighted by Crippen LogP contribution is 2.31. The quantitative estimate of drug-likeness (QED) is 0.414. The van der Waals surface area contributed by atoms with Gasteiger partial charge in [-0.3, -0.25) is 0 Å². The molecule has 3 N–H and O–H groups in total. The lowest BCUT2D eigenvalue weighted by atomic mass is 9.83. The fourth-order valence-corrected chi connectivity index (χ4v) is 4.60. The van der Waals surface area contributed by atoms with Gasteiger partial charge in [-0.15, -0.1) is 0 Å². The average molecular weight is 440 g/mol. The molecule has 5 heteroatoms. The molecule has 0 aliphatic rings. The van der Waals surface area contributed by atoms with Crippen molar-refractivity contribution in [3.05, 3.63) is 50.8 Å². The second-order valence-electron chi connectivity index (χ2n) is 9.33. The van der Waals surface area contributed by atoms with Crippen molar-refractivity contribution in [2.45, 2.75) is 113 Å². The van der Waals surface area contributed by atoms with Crippen molar-refractivity contribution in [1.29, 1.82) is 0 Å². The molecule has 178 valence electrons. The van der Waals surface area contributed by atoms with Gasteiger partial charge in [-0.25, -0.2) is 9.97 Å². The third-order valence-electron chi connectivity index (χ3n) is 6.03. The maximum atomic E-state index is 4.61. The van der Waals surface area contributed by atoms with Gasteiger partial charge in [-0.05, 0) is 72.6 Å². The number of rotatable bonds is 12. The predicted molar refractivity (Wildman–Crippen MR) is 137 cm³/mol. The van der Waals surface area contributed by atoms with Gasteiger partial charge in [0.2, 0.25) is 5.95 Å². The van der Waals surface area contributed by atoms with E-state index in [4.69, 9.17) is 0 Å². The van der Waals surface area contributed by atoms with Gasteiger partial charge in [0.15, 0.2) is 0 Å². The molecular formula is C27H45N5. The van der Waals surface area contributed by atoms with Gasteiger partial charge >= 0.3 is 0 Å². The van der Waals surface area contributed by atoms with Crippen LogP contribution >= 0.6 is 0 Å². The summed E-state index contributed by atoms with van der Waals surface area (Å²) in [5.41, 5.74) is 10.9. The van der Waals surface area contributed by atoms with E-state index in [0.29, 0.717) is 12.1 Å². The standard InChI is InChI=1S/C27H45N5/c1-10-21-24(14-28-17(4)5)22(11-2)26(23(12-3)25(21)15-29-18(6)7)16-30-27-31-19(8)13-20(9)32-27/h13,17-18,28-29H,10-12,14-16H2,1-9H3,(H,30,31,32). The van der Waals surface area contributed by atoms with Crippen molar-refractivity contribution < 1.29 is 0 Å². The Bertz CT molecular complexity index is 825. The van der Waals surface area contributed by atoms with E-state index in [1.165, 1.54) is 33.4 Å². The number of nitrogens with zero attached hydrogens (tertiary/aromatic N) is 2. The molecule has 1 aromatic carbocycles. The van der Waals surface area contributed by atoms with Crippen molar-refractivity contribution in [2.75, 3.05) is 5.32 Å². The molecule has 0 spiro atoms. The summed E-state index contributed by atoms with van der Waals surface area (Å²) in [4.78, 5) is 9.22. The van der Waals surface area contributed by atoms with Gasteiger partial charge in [-0.1, -0.05) is 48.5 Å². The first-order valence-corrected chi connectivity index (χ1v) is 12.4. The predicted octanol–water partition coefficient (Wildman–Crippen LogP) is 5.39. The van der Waals surface area contributed by atoms with Crippen molar-refractivity contribution >= 4 is 5.95 Å². The molecule has 0 saturated heterocycles. The molecule has 1 heterocycles. The number of anilines is 1. The summed E-state index contributed by atoms with van der Waals surface area (Å²) in [5, 5.41) is 10.9. The van der Waals surface area contributed by atoms with Crippen LogP contribution in [0.1, 0.15) is 93.2 Å². The zero-order chi connectivity index (χ0) is 23.8. The van der Waals surface area contributed by atoms with Gasteiger partial charge in [0.1, 0.15) is 0 Å². The number of aryl methyl sites for hydroxylation is 2. The van der Waals surface area contributed by atoms with Crippen molar-refractivity contribution in [2.24, 2.45) is 0 Å². The molecule has 2 aromatic rings. The van der Waals surface area contributed by atoms with Crippen LogP contribution in [0.3, 0.4) is 0 Å². The fraction of sp³-hybridized carbons (Fsp3) is 0.630. The van der Waals surface area contributed by atoms with E-state index < -0.39 is 0 Å². The third kappa shape index (κ3) is 6.76. The minimum atomic E-state index is 0.456. The zero-order valence-corrected chi connectivity index (χ0v) is 21.9. The summed E-state index contributed by atoms with van der Waals surface area (Å²) in [6, 6.07) is 2.93. The Morgan fingerprint density at radius 3 is 1.34 bits per heavy atom. The van der Waals surface area contributed by atoms with Crippen LogP contribution in [-0.2, 0) is 38.9 Å². The molecular weight excluding hydrogens is 394 g/mol. The van der Waals surface area contributed by atoms with Crippen LogP contribution in [-0.4, -0.2) is 22.1 Å². The Labute approximate surface area is 196 Å². The molecule has 0 bridgehead atoms. The molecule has 2 rings (SSSR count). The summed E-state index contributed by atoms with van der Waals surface area (Å²) < 4.78 is 0. The molecule has 1 aromatic heterocycles. The molecule has 0 radical (unpaired) electrons. The molecule has 0 amide bonds. The summed E-state index contributed by atoms with van der Waals surface area (Å²) in [6.07, 6.45) is 3.10. The topological polar surface area (TPSA) is 61.9 Å². The van der Waals surface area contributed by atoms with E-state index in [0.717, 1.165) is 56.2 Å². The molecule has 0 fully saturated rings. The van der Waals surface area contributed by atoms with E-state index in [9.17, 15) is 0 Å². The second kappa shape index (κ2) is 12.3. The van der Waals surface area contributed by atoms with E-state index >= 15 is 0 Å². The summed E-state index contributed by atoms with van der Waals surface area (Å²) in [7, 11) is 0. The van der Waals surface area contributed by atoms with Gasteiger partial charge in [0.25, 0.3) is 0 Å². The monoisotopic (exact) mass is 439 g/mol. The number of hydrogen-bond acceptors (Lipinski definition) is 5. The van der Waals surface area contributed by atoms with Gasteiger partial charge in [0.05, 0.1) is 0 Å². The number of aromatic nitrogens is 2. The average Bonchev–Trinajstić information content (AvgIpc) is 2.72. The highest BCUT2D eigenvalue weighted by molar-refractivity contribution is 5.53. The van der Waals surface area contributed by atoms with E-state index in [-0.39, 0.29) is 0 Å². The smallest absolute Gasteiger partial charge is 0.223 e. The lowest BCUT2D eigenvalue weighted by Gasteiger charge is -2.27. The largest absolute Gasteiger partial charge is 0.350 e. The van der Waals surface area contributed by atoms with Crippen LogP contribution in [0, 0.1) is 13.8 Å². The summed E-state index contributed by atoms with van der Waals surface area (Å²) in [6.45, 7) is 22.4. The van der Waals surface area contributed by atoms with Crippen LogP contribution in [0.15, 0.2) is 6.07 Å². The third-order valence-corrected chi connectivity index (χ3v) is 6.03. The zero-order valence-electron chi connectivity index (χ0n) is 21.9. The summed E-state index contributed by atoms with van der Waals surface area (Å²) >= 11 is 0.